The maximum atomic E-state index is 12.7. The van der Waals surface area contributed by atoms with Gasteiger partial charge in [0.1, 0.15) is 5.69 Å². The van der Waals surface area contributed by atoms with E-state index in [0.717, 1.165) is 32.6 Å². The molecule has 156 valence electrons. The second-order valence-corrected chi connectivity index (χ2v) is 6.54. The van der Waals surface area contributed by atoms with Gasteiger partial charge < -0.3 is 19.6 Å². The molecule has 2 fully saturated rings. The Morgan fingerprint density at radius 2 is 2.00 bits per heavy atom. The smallest absolute Gasteiger partial charge is 0.475 e. The summed E-state index contributed by atoms with van der Waals surface area (Å²) < 4.78 is 37.4. The van der Waals surface area contributed by atoms with Crippen LogP contribution in [0.25, 0.3) is 0 Å². The van der Waals surface area contributed by atoms with Gasteiger partial charge in [-0.1, -0.05) is 6.92 Å². The fourth-order valence-electron chi connectivity index (χ4n) is 3.60. The van der Waals surface area contributed by atoms with Gasteiger partial charge in [-0.2, -0.15) is 13.2 Å². The van der Waals surface area contributed by atoms with Crippen LogP contribution in [0.4, 0.5) is 13.2 Å². The van der Waals surface area contributed by atoms with Crippen LogP contribution in [-0.2, 0) is 9.53 Å². The number of halogens is 3. The van der Waals surface area contributed by atoms with Crippen molar-refractivity contribution in [2.45, 2.75) is 31.7 Å². The number of likely N-dealkylation sites (tertiary alicyclic amines) is 2. The van der Waals surface area contributed by atoms with Gasteiger partial charge in [0, 0.05) is 45.1 Å². The van der Waals surface area contributed by atoms with Crippen LogP contribution >= 0.6 is 0 Å². The molecule has 1 amide bonds. The molecule has 0 unspecified atom stereocenters. The van der Waals surface area contributed by atoms with Crippen molar-refractivity contribution in [1.29, 1.82) is 0 Å². The highest BCUT2D eigenvalue weighted by Gasteiger charge is 2.45. The highest BCUT2D eigenvalue weighted by molar-refractivity contribution is 5.92. The first-order valence-corrected chi connectivity index (χ1v) is 8.81. The molecule has 3 rings (SSSR count). The van der Waals surface area contributed by atoms with Gasteiger partial charge in [-0.15, -0.1) is 0 Å². The molecular formula is C17H23F3N4O4. The van der Waals surface area contributed by atoms with Crippen LogP contribution in [0.15, 0.2) is 18.6 Å². The number of carboxylic acid groups (broad SMARTS) is 1. The molecule has 0 spiro atoms. The predicted molar refractivity (Wildman–Crippen MR) is 91.6 cm³/mol. The molecule has 2 saturated heterocycles. The number of nitrogens with zero attached hydrogens (tertiary/aromatic N) is 4. The molecule has 0 radical (unpaired) electrons. The fraction of sp³-hybridized carbons (Fsp3) is 0.647. The number of aliphatic carboxylic acids is 1. The van der Waals surface area contributed by atoms with E-state index in [4.69, 9.17) is 14.6 Å². The van der Waals surface area contributed by atoms with Crippen molar-refractivity contribution in [3.05, 3.63) is 24.3 Å². The van der Waals surface area contributed by atoms with E-state index in [-0.39, 0.29) is 18.1 Å². The maximum absolute atomic E-state index is 12.7. The summed E-state index contributed by atoms with van der Waals surface area (Å²) in [6.45, 7) is 5.83. The zero-order valence-corrected chi connectivity index (χ0v) is 15.6. The number of alkyl halides is 3. The van der Waals surface area contributed by atoms with Gasteiger partial charge in [0.2, 0.25) is 0 Å². The molecule has 0 bridgehead atoms. The third-order valence-electron chi connectivity index (χ3n) is 4.98. The largest absolute Gasteiger partial charge is 0.490 e. The lowest BCUT2D eigenvalue weighted by Crippen LogP contribution is -2.53. The van der Waals surface area contributed by atoms with Gasteiger partial charge in [0.25, 0.3) is 5.91 Å². The number of amides is 1. The van der Waals surface area contributed by atoms with Crippen molar-refractivity contribution in [3.8, 4) is 0 Å². The Morgan fingerprint density at radius 3 is 2.50 bits per heavy atom. The number of carbonyl (C=O) groups excluding carboxylic acids is 1. The number of hydrogen-bond acceptors (Lipinski definition) is 6. The highest BCUT2D eigenvalue weighted by Crippen LogP contribution is 2.33. The lowest BCUT2D eigenvalue weighted by atomic mass is 9.89. The molecule has 2 aliphatic heterocycles. The summed E-state index contributed by atoms with van der Waals surface area (Å²) in [4.78, 5) is 34.1. The quantitative estimate of drug-likeness (QED) is 0.811. The molecule has 0 aromatic carbocycles. The van der Waals surface area contributed by atoms with Crippen LogP contribution in [0.3, 0.4) is 0 Å². The molecular weight excluding hydrogens is 381 g/mol. The molecule has 0 aliphatic carbocycles. The molecule has 0 saturated carbocycles. The summed E-state index contributed by atoms with van der Waals surface area (Å²) in [5, 5.41) is 7.12. The van der Waals surface area contributed by atoms with Crippen LogP contribution in [-0.4, -0.2) is 88.4 Å². The fourth-order valence-corrected chi connectivity index (χ4v) is 3.60. The topological polar surface area (TPSA) is 95.9 Å². The van der Waals surface area contributed by atoms with Crippen LogP contribution in [0, 0.1) is 5.92 Å². The third-order valence-corrected chi connectivity index (χ3v) is 4.98. The van der Waals surface area contributed by atoms with Gasteiger partial charge >= 0.3 is 12.1 Å². The first-order chi connectivity index (χ1) is 13.2. The zero-order valence-electron chi connectivity index (χ0n) is 15.6. The van der Waals surface area contributed by atoms with Gasteiger partial charge in [-0.05, 0) is 13.0 Å². The van der Waals surface area contributed by atoms with Gasteiger partial charge in [0.05, 0.1) is 18.3 Å². The van der Waals surface area contributed by atoms with Crippen LogP contribution in [0.1, 0.15) is 23.8 Å². The molecule has 28 heavy (non-hydrogen) atoms. The van der Waals surface area contributed by atoms with E-state index in [9.17, 15) is 18.0 Å². The SMILES string of the molecule is CCN1C[C@@H]2[C@@H](OC)CCN(C(=O)c3cnccn3)[C@@H]2C1.O=C(O)C(F)(F)F. The highest BCUT2D eigenvalue weighted by atomic mass is 19.4. The van der Waals surface area contributed by atoms with Crippen molar-refractivity contribution < 1.29 is 32.6 Å². The van der Waals surface area contributed by atoms with Crippen LogP contribution in [0.2, 0.25) is 0 Å². The summed E-state index contributed by atoms with van der Waals surface area (Å²) >= 11 is 0. The predicted octanol–water partition coefficient (Wildman–Crippen LogP) is 1.29. The second-order valence-electron chi connectivity index (χ2n) is 6.54. The summed E-state index contributed by atoms with van der Waals surface area (Å²) in [7, 11) is 1.77. The number of aromatic nitrogens is 2. The minimum absolute atomic E-state index is 0.00870. The molecule has 1 N–H and O–H groups in total. The number of rotatable bonds is 3. The van der Waals surface area contributed by atoms with Gasteiger partial charge in [0.15, 0.2) is 0 Å². The Morgan fingerprint density at radius 1 is 1.32 bits per heavy atom. The minimum atomic E-state index is -5.08. The molecule has 8 nitrogen and oxygen atoms in total. The minimum Gasteiger partial charge on any atom is -0.475 e. The first kappa shape index (κ1) is 22.0. The number of methoxy groups -OCH3 is 1. The van der Waals surface area contributed by atoms with Crippen molar-refractivity contribution in [1.82, 2.24) is 19.8 Å². The van der Waals surface area contributed by atoms with E-state index in [1.54, 1.807) is 25.7 Å². The van der Waals surface area contributed by atoms with Crippen molar-refractivity contribution >= 4 is 11.9 Å². The normalized spacial score (nSPS) is 24.9. The zero-order chi connectivity index (χ0) is 20.9. The molecule has 2 aliphatic rings. The summed E-state index contributed by atoms with van der Waals surface area (Å²) in [5.74, 6) is -2.37. The second kappa shape index (κ2) is 9.28. The number of fused-ring (bicyclic) bond motifs is 1. The Bertz CT molecular complexity index is 674. The van der Waals surface area contributed by atoms with Gasteiger partial charge in [-0.3, -0.25) is 9.78 Å². The first-order valence-electron chi connectivity index (χ1n) is 8.81. The van der Waals surface area contributed by atoms with Crippen LogP contribution in [0.5, 0.6) is 0 Å². The monoisotopic (exact) mass is 404 g/mol. The van der Waals surface area contributed by atoms with E-state index in [1.165, 1.54) is 0 Å². The third kappa shape index (κ3) is 5.16. The van der Waals surface area contributed by atoms with E-state index < -0.39 is 12.1 Å². The summed E-state index contributed by atoms with van der Waals surface area (Å²) in [5.41, 5.74) is 0.432. The Labute approximate surface area is 160 Å². The van der Waals surface area contributed by atoms with Gasteiger partial charge in [-0.25, -0.2) is 9.78 Å². The van der Waals surface area contributed by atoms with Crippen molar-refractivity contribution in [2.24, 2.45) is 5.92 Å². The standard InChI is InChI=1S/C15H22N4O2.C2HF3O2/c1-3-18-9-11-13(10-18)19(7-4-14(11)21-2)15(20)12-8-16-5-6-17-12;3-2(4,5)1(6)7/h5-6,8,11,13-14H,3-4,7,9-10H2,1-2H3;(H,6,7)/t11-,13+,14-;/m0./s1. The molecule has 1 aromatic heterocycles. The Hall–Kier alpha value is -2.27. The van der Waals surface area contributed by atoms with E-state index >= 15 is 0 Å². The average molecular weight is 404 g/mol. The summed E-state index contributed by atoms with van der Waals surface area (Å²) in [6.07, 6.45) is 0.760. The number of carbonyl (C=O) groups is 2. The molecule has 1 aromatic rings. The molecule has 11 heteroatoms. The molecule has 3 heterocycles. The number of hydrogen-bond donors (Lipinski definition) is 1. The lowest BCUT2D eigenvalue weighted by Gasteiger charge is -2.40. The Balaban J connectivity index is 0.000000345. The Kier molecular flexibility index (Phi) is 7.30. The lowest BCUT2D eigenvalue weighted by molar-refractivity contribution is -0.192. The number of piperidine rings is 1. The van der Waals surface area contributed by atoms with E-state index in [1.807, 2.05) is 4.90 Å². The van der Waals surface area contributed by atoms with E-state index in [0.29, 0.717) is 11.6 Å². The number of ether oxygens (including phenoxy) is 1. The van der Waals surface area contributed by atoms with Crippen molar-refractivity contribution in [3.63, 3.8) is 0 Å². The van der Waals surface area contributed by atoms with E-state index in [2.05, 4.69) is 21.8 Å². The molecule has 3 atom stereocenters. The van der Waals surface area contributed by atoms with Crippen LogP contribution < -0.4 is 0 Å². The summed E-state index contributed by atoms with van der Waals surface area (Å²) in [6, 6.07) is 0.221. The number of likely N-dealkylation sites (N-methyl/N-ethyl adjacent to an activating group) is 1. The maximum Gasteiger partial charge on any atom is 0.490 e. The average Bonchev–Trinajstić information content (AvgIpc) is 3.11. The van der Waals surface area contributed by atoms with Crippen molar-refractivity contribution in [2.75, 3.05) is 33.3 Å². The number of carboxylic acids is 1.